The van der Waals surface area contributed by atoms with Crippen molar-refractivity contribution in [2.75, 3.05) is 13.7 Å². The van der Waals surface area contributed by atoms with Crippen molar-refractivity contribution < 1.29 is 14.1 Å². The van der Waals surface area contributed by atoms with Gasteiger partial charge in [0.05, 0.1) is 7.11 Å². The van der Waals surface area contributed by atoms with Crippen LogP contribution in [0.2, 0.25) is 0 Å². The molecule has 1 amide bonds. The van der Waals surface area contributed by atoms with Crippen LogP contribution in [0, 0.1) is 5.92 Å². The van der Waals surface area contributed by atoms with Crippen LogP contribution in [-0.4, -0.2) is 29.7 Å². The molecule has 0 bridgehead atoms. The molecule has 1 saturated heterocycles. The zero-order valence-electron chi connectivity index (χ0n) is 13.7. The maximum atomic E-state index is 12.7. The second-order valence-electron chi connectivity index (χ2n) is 6.61. The molecular weight excluding hydrogens is 306 g/mol. The molecule has 24 heavy (non-hydrogen) atoms. The van der Waals surface area contributed by atoms with E-state index in [0.29, 0.717) is 24.2 Å². The van der Waals surface area contributed by atoms with Gasteiger partial charge in [-0.2, -0.15) is 4.98 Å². The Balaban J connectivity index is 1.70. The van der Waals surface area contributed by atoms with E-state index >= 15 is 0 Å². The molecule has 126 valence electrons. The Morgan fingerprint density at radius 1 is 1.25 bits per heavy atom. The largest absolute Gasteiger partial charge is 0.497 e. The van der Waals surface area contributed by atoms with Gasteiger partial charge in [0.1, 0.15) is 11.2 Å². The van der Waals surface area contributed by atoms with Crippen molar-refractivity contribution in [3.63, 3.8) is 0 Å². The fourth-order valence-electron chi connectivity index (χ4n) is 4.09. The first-order valence-corrected chi connectivity index (χ1v) is 8.51. The summed E-state index contributed by atoms with van der Waals surface area (Å²) in [7, 11) is 1.63. The van der Waals surface area contributed by atoms with Gasteiger partial charge in [-0.05, 0) is 49.4 Å². The number of nitrogens with zero attached hydrogens (tertiary/aromatic N) is 2. The van der Waals surface area contributed by atoms with E-state index in [0.717, 1.165) is 30.6 Å². The highest BCUT2D eigenvalue weighted by Gasteiger charge is 2.54. The first-order valence-electron chi connectivity index (χ1n) is 8.51. The monoisotopic (exact) mass is 327 g/mol. The van der Waals surface area contributed by atoms with Gasteiger partial charge >= 0.3 is 0 Å². The molecule has 2 aromatic rings. The Morgan fingerprint density at radius 2 is 2.00 bits per heavy atom. The van der Waals surface area contributed by atoms with Gasteiger partial charge in [-0.1, -0.05) is 18.0 Å². The number of hydrogen-bond donors (Lipinski definition) is 1. The number of hydrogen-bond acceptors (Lipinski definition) is 5. The first kappa shape index (κ1) is 15.2. The number of amides is 1. The lowest BCUT2D eigenvalue weighted by atomic mass is 9.72. The maximum Gasteiger partial charge on any atom is 0.243 e. The van der Waals surface area contributed by atoms with Gasteiger partial charge in [-0.15, -0.1) is 0 Å². The van der Waals surface area contributed by atoms with Crippen LogP contribution in [-0.2, 0) is 10.2 Å². The summed E-state index contributed by atoms with van der Waals surface area (Å²) in [5.74, 6) is 2.10. The highest BCUT2D eigenvalue weighted by Crippen LogP contribution is 2.46. The van der Waals surface area contributed by atoms with Crippen LogP contribution >= 0.6 is 0 Å². The number of rotatable bonds is 4. The van der Waals surface area contributed by atoms with E-state index < -0.39 is 5.41 Å². The molecule has 1 aromatic heterocycles. The Hall–Kier alpha value is -2.37. The minimum atomic E-state index is -0.645. The normalized spacial score (nSPS) is 24.3. The van der Waals surface area contributed by atoms with Gasteiger partial charge in [-0.3, -0.25) is 4.79 Å². The lowest BCUT2D eigenvalue weighted by Crippen LogP contribution is -2.41. The highest BCUT2D eigenvalue weighted by molar-refractivity contribution is 5.89. The van der Waals surface area contributed by atoms with E-state index in [4.69, 9.17) is 9.26 Å². The van der Waals surface area contributed by atoms with Crippen LogP contribution in [0.25, 0.3) is 11.4 Å². The minimum absolute atomic E-state index is 0.0410. The van der Waals surface area contributed by atoms with E-state index in [1.165, 1.54) is 12.8 Å². The van der Waals surface area contributed by atoms with Gasteiger partial charge in [-0.25, -0.2) is 0 Å². The van der Waals surface area contributed by atoms with Crippen molar-refractivity contribution in [2.24, 2.45) is 5.92 Å². The molecule has 1 unspecified atom stereocenters. The number of benzene rings is 1. The second kappa shape index (κ2) is 5.92. The average molecular weight is 327 g/mol. The minimum Gasteiger partial charge on any atom is -0.497 e. The number of carbonyl (C=O) groups excluding carboxylic acids is 1. The van der Waals surface area contributed by atoms with Crippen LogP contribution in [0.3, 0.4) is 0 Å². The standard InChI is InChI=1S/C18H21N3O3/c1-23-14-8-6-12(7-9-14)15-20-17(24-21-15)18(10-11-19-16(18)22)13-4-2-3-5-13/h6-9,13H,2-5,10-11H2,1H3,(H,19,22). The SMILES string of the molecule is COc1ccc(-c2noc(C3(C4CCCC4)CCNC3=O)n2)cc1. The molecule has 4 rings (SSSR count). The Kier molecular flexibility index (Phi) is 3.75. The lowest BCUT2D eigenvalue weighted by Gasteiger charge is -2.28. The molecule has 0 radical (unpaired) electrons. The molecule has 2 fully saturated rings. The summed E-state index contributed by atoms with van der Waals surface area (Å²) in [6, 6.07) is 7.51. The molecular formula is C18H21N3O3. The van der Waals surface area contributed by atoms with Gasteiger partial charge in [0.2, 0.25) is 17.6 Å². The van der Waals surface area contributed by atoms with Crippen LogP contribution in [0.1, 0.15) is 38.0 Å². The van der Waals surface area contributed by atoms with Gasteiger partial charge in [0, 0.05) is 12.1 Å². The summed E-state index contributed by atoms with van der Waals surface area (Å²) in [5, 5.41) is 7.10. The number of carbonyl (C=O) groups is 1. The molecule has 1 atom stereocenters. The number of aromatic nitrogens is 2. The van der Waals surface area contributed by atoms with E-state index in [2.05, 4.69) is 15.5 Å². The van der Waals surface area contributed by atoms with Crippen molar-refractivity contribution in [3.8, 4) is 17.1 Å². The third-order valence-electron chi connectivity index (χ3n) is 5.42. The molecule has 2 aliphatic rings. The van der Waals surface area contributed by atoms with Crippen molar-refractivity contribution in [1.82, 2.24) is 15.5 Å². The Morgan fingerprint density at radius 3 is 2.62 bits per heavy atom. The van der Waals surface area contributed by atoms with Crippen molar-refractivity contribution >= 4 is 5.91 Å². The topological polar surface area (TPSA) is 77.3 Å². The molecule has 1 aliphatic carbocycles. The summed E-state index contributed by atoms with van der Waals surface area (Å²) in [5.41, 5.74) is 0.208. The summed E-state index contributed by atoms with van der Waals surface area (Å²) in [6.45, 7) is 0.676. The van der Waals surface area contributed by atoms with Crippen LogP contribution < -0.4 is 10.1 Å². The number of ether oxygens (including phenoxy) is 1. The second-order valence-corrected chi connectivity index (χ2v) is 6.61. The number of nitrogens with one attached hydrogen (secondary N) is 1. The molecule has 1 saturated carbocycles. The summed E-state index contributed by atoms with van der Waals surface area (Å²) < 4.78 is 10.8. The zero-order chi connectivity index (χ0) is 16.6. The van der Waals surface area contributed by atoms with E-state index in [-0.39, 0.29) is 5.91 Å². The van der Waals surface area contributed by atoms with Crippen molar-refractivity contribution in [1.29, 1.82) is 0 Å². The van der Waals surface area contributed by atoms with Crippen LogP contribution in [0.4, 0.5) is 0 Å². The summed E-state index contributed by atoms with van der Waals surface area (Å²) in [4.78, 5) is 17.3. The van der Waals surface area contributed by atoms with Crippen molar-refractivity contribution in [2.45, 2.75) is 37.5 Å². The Bertz CT molecular complexity index is 734. The average Bonchev–Trinajstić information content (AvgIpc) is 3.35. The predicted octanol–water partition coefficient (Wildman–Crippen LogP) is 2.69. The van der Waals surface area contributed by atoms with Gasteiger partial charge in [0.25, 0.3) is 0 Å². The smallest absolute Gasteiger partial charge is 0.243 e. The summed E-state index contributed by atoms with van der Waals surface area (Å²) >= 11 is 0. The van der Waals surface area contributed by atoms with Gasteiger partial charge < -0.3 is 14.6 Å². The fourth-order valence-corrected chi connectivity index (χ4v) is 4.09. The molecule has 6 heteroatoms. The zero-order valence-corrected chi connectivity index (χ0v) is 13.7. The molecule has 2 heterocycles. The first-order chi connectivity index (χ1) is 11.7. The number of methoxy groups -OCH3 is 1. The molecule has 1 aromatic carbocycles. The lowest BCUT2D eigenvalue weighted by molar-refractivity contribution is -0.126. The third-order valence-corrected chi connectivity index (χ3v) is 5.42. The molecule has 1 N–H and O–H groups in total. The molecule has 0 spiro atoms. The van der Waals surface area contributed by atoms with Crippen LogP contribution in [0.15, 0.2) is 28.8 Å². The molecule has 1 aliphatic heterocycles. The Labute approximate surface area is 140 Å². The quantitative estimate of drug-likeness (QED) is 0.934. The van der Waals surface area contributed by atoms with E-state index in [1.54, 1.807) is 7.11 Å². The van der Waals surface area contributed by atoms with E-state index in [1.807, 2.05) is 24.3 Å². The van der Waals surface area contributed by atoms with Crippen LogP contribution in [0.5, 0.6) is 5.75 Å². The highest BCUT2D eigenvalue weighted by atomic mass is 16.5. The van der Waals surface area contributed by atoms with E-state index in [9.17, 15) is 4.79 Å². The molecule has 6 nitrogen and oxygen atoms in total. The maximum absolute atomic E-state index is 12.7. The third kappa shape index (κ3) is 2.28. The van der Waals surface area contributed by atoms with Gasteiger partial charge in [0.15, 0.2) is 0 Å². The fraction of sp³-hybridized carbons (Fsp3) is 0.500. The predicted molar refractivity (Wildman–Crippen MR) is 87.5 cm³/mol. The van der Waals surface area contributed by atoms with Crippen molar-refractivity contribution in [3.05, 3.63) is 30.2 Å². The summed E-state index contributed by atoms with van der Waals surface area (Å²) in [6.07, 6.45) is 5.17.